The zero-order valence-electron chi connectivity index (χ0n) is 17.5. The molecule has 3 unspecified atom stereocenters. The molecule has 1 saturated carbocycles. The number of benzene rings is 2. The second kappa shape index (κ2) is 9.40. The monoisotopic (exact) mass is 438 g/mol. The van der Waals surface area contributed by atoms with Gasteiger partial charge in [-0.15, -0.1) is 0 Å². The first-order valence-electron chi connectivity index (χ1n) is 10.7. The lowest BCUT2D eigenvalue weighted by atomic mass is 9.98. The molecule has 1 fully saturated rings. The van der Waals surface area contributed by atoms with Crippen LogP contribution in [0, 0.1) is 11.8 Å². The predicted molar refractivity (Wildman–Crippen MR) is 116 cm³/mol. The Labute approximate surface area is 185 Å². The number of amides is 2. The highest BCUT2D eigenvalue weighted by atomic mass is 16.5. The molecule has 3 atom stereocenters. The Balaban J connectivity index is 1.21. The molecule has 2 aromatic rings. The topological polar surface area (TPSA) is 125 Å². The zero-order chi connectivity index (χ0) is 22.7. The van der Waals surface area contributed by atoms with E-state index < -0.39 is 24.6 Å². The van der Waals surface area contributed by atoms with Crippen LogP contribution in [0.4, 0.5) is 4.79 Å². The molecule has 4 N–H and O–H groups in total. The Bertz CT molecular complexity index is 978. The Morgan fingerprint density at radius 2 is 1.62 bits per heavy atom. The first-order valence-corrected chi connectivity index (χ1v) is 10.7. The van der Waals surface area contributed by atoms with Crippen LogP contribution in [0.3, 0.4) is 0 Å². The summed E-state index contributed by atoms with van der Waals surface area (Å²) in [4.78, 5) is 34.8. The number of fused-ring (bicyclic) bond motifs is 3. The standard InChI is InChI=1S/C24H26N2O6/c27-15(10-22(28)29)12-25-23(30)20-9-14(20)11-26-24(31)32-13-21-18-7-3-1-5-16(18)17-6-2-4-8-19(17)21/h1-8,14-15,20-21,27H,9-13H2,(H,25,30)(H,26,31)(H,28,29). The van der Waals surface area contributed by atoms with Gasteiger partial charge in [-0.1, -0.05) is 48.5 Å². The molecule has 0 aliphatic heterocycles. The quantitative estimate of drug-likeness (QED) is 0.475. The summed E-state index contributed by atoms with van der Waals surface area (Å²) in [6.45, 7) is 0.455. The third kappa shape index (κ3) is 4.91. The van der Waals surface area contributed by atoms with E-state index in [1.54, 1.807) is 0 Å². The second-order valence-electron chi connectivity index (χ2n) is 8.31. The smallest absolute Gasteiger partial charge is 0.407 e. The summed E-state index contributed by atoms with van der Waals surface area (Å²) in [5.74, 6) is -1.62. The lowest BCUT2D eigenvalue weighted by Gasteiger charge is -2.14. The summed E-state index contributed by atoms with van der Waals surface area (Å²) in [6, 6.07) is 16.2. The molecule has 2 aliphatic rings. The lowest BCUT2D eigenvalue weighted by molar-refractivity contribution is -0.139. The second-order valence-corrected chi connectivity index (χ2v) is 8.31. The largest absolute Gasteiger partial charge is 0.481 e. The highest BCUT2D eigenvalue weighted by molar-refractivity contribution is 5.82. The van der Waals surface area contributed by atoms with Crippen molar-refractivity contribution in [3.05, 3.63) is 59.7 Å². The van der Waals surface area contributed by atoms with Crippen LogP contribution < -0.4 is 10.6 Å². The molecule has 2 amide bonds. The van der Waals surface area contributed by atoms with E-state index in [2.05, 4.69) is 34.9 Å². The van der Waals surface area contributed by atoms with E-state index in [0.29, 0.717) is 13.0 Å². The van der Waals surface area contributed by atoms with Crippen molar-refractivity contribution >= 4 is 18.0 Å². The van der Waals surface area contributed by atoms with Crippen LogP contribution in [0.5, 0.6) is 0 Å². The third-order valence-corrected chi connectivity index (χ3v) is 6.03. The van der Waals surface area contributed by atoms with Crippen molar-refractivity contribution in [1.82, 2.24) is 10.6 Å². The van der Waals surface area contributed by atoms with E-state index >= 15 is 0 Å². The number of alkyl carbamates (subject to hydrolysis) is 1. The van der Waals surface area contributed by atoms with Gasteiger partial charge in [-0.2, -0.15) is 0 Å². The molecule has 0 bridgehead atoms. The number of carbonyl (C=O) groups is 3. The number of rotatable bonds is 9. The van der Waals surface area contributed by atoms with Crippen molar-refractivity contribution in [2.75, 3.05) is 19.7 Å². The number of aliphatic hydroxyl groups excluding tert-OH is 1. The van der Waals surface area contributed by atoms with E-state index in [-0.39, 0.29) is 36.8 Å². The van der Waals surface area contributed by atoms with Gasteiger partial charge in [0, 0.05) is 24.9 Å². The SMILES string of the molecule is O=C(O)CC(O)CNC(=O)C1CC1CNC(=O)OCC1c2ccccc2-c2ccccc21. The number of nitrogens with one attached hydrogen (secondary N) is 2. The summed E-state index contributed by atoms with van der Waals surface area (Å²) >= 11 is 0. The fourth-order valence-corrected chi connectivity index (χ4v) is 4.28. The molecule has 2 aliphatic carbocycles. The van der Waals surface area contributed by atoms with Crippen molar-refractivity contribution in [2.24, 2.45) is 11.8 Å². The maximum absolute atomic E-state index is 12.2. The highest BCUT2D eigenvalue weighted by Crippen LogP contribution is 2.44. The van der Waals surface area contributed by atoms with Crippen molar-refractivity contribution in [3.63, 3.8) is 0 Å². The van der Waals surface area contributed by atoms with Crippen LogP contribution in [0.1, 0.15) is 29.9 Å². The molecule has 4 rings (SSSR count). The third-order valence-electron chi connectivity index (χ3n) is 6.03. The molecule has 0 aromatic heterocycles. The van der Waals surface area contributed by atoms with Gasteiger partial charge in [-0.3, -0.25) is 9.59 Å². The van der Waals surface area contributed by atoms with Crippen LogP contribution >= 0.6 is 0 Å². The Morgan fingerprint density at radius 3 is 2.25 bits per heavy atom. The van der Waals surface area contributed by atoms with Gasteiger partial charge in [0.1, 0.15) is 6.61 Å². The Hall–Kier alpha value is -3.39. The number of aliphatic carboxylic acids is 1. The van der Waals surface area contributed by atoms with E-state index in [9.17, 15) is 19.5 Å². The summed E-state index contributed by atoms with van der Waals surface area (Å²) in [6.07, 6.45) is -1.43. The first kappa shape index (κ1) is 21.8. The molecular formula is C24H26N2O6. The van der Waals surface area contributed by atoms with Gasteiger partial charge in [-0.05, 0) is 34.6 Å². The maximum Gasteiger partial charge on any atom is 0.407 e. The molecule has 0 heterocycles. The summed E-state index contributed by atoms with van der Waals surface area (Å²) in [5.41, 5.74) is 4.62. The van der Waals surface area contributed by atoms with Gasteiger partial charge in [0.2, 0.25) is 5.91 Å². The Kier molecular flexibility index (Phi) is 6.41. The average Bonchev–Trinajstić information content (AvgIpc) is 3.49. The summed E-state index contributed by atoms with van der Waals surface area (Å²) in [7, 11) is 0. The molecule has 168 valence electrons. The lowest BCUT2D eigenvalue weighted by Crippen LogP contribution is -2.35. The predicted octanol–water partition coefficient (Wildman–Crippen LogP) is 2.11. The van der Waals surface area contributed by atoms with Gasteiger partial charge >= 0.3 is 12.1 Å². The average molecular weight is 438 g/mol. The van der Waals surface area contributed by atoms with Crippen molar-refractivity contribution in [1.29, 1.82) is 0 Å². The van der Waals surface area contributed by atoms with Crippen LogP contribution in [-0.2, 0) is 14.3 Å². The fourth-order valence-electron chi connectivity index (χ4n) is 4.28. The van der Waals surface area contributed by atoms with Gasteiger partial charge in [0.25, 0.3) is 0 Å². The van der Waals surface area contributed by atoms with Gasteiger partial charge in [0.05, 0.1) is 12.5 Å². The number of ether oxygens (including phenoxy) is 1. The summed E-state index contributed by atoms with van der Waals surface area (Å²) in [5, 5.41) is 23.4. The van der Waals surface area contributed by atoms with Crippen molar-refractivity contribution < 1.29 is 29.3 Å². The molecule has 32 heavy (non-hydrogen) atoms. The molecule has 0 spiro atoms. The molecule has 0 radical (unpaired) electrons. The molecular weight excluding hydrogens is 412 g/mol. The Morgan fingerprint density at radius 1 is 1.00 bits per heavy atom. The maximum atomic E-state index is 12.2. The molecule has 0 saturated heterocycles. The van der Waals surface area contributed by atoms with Crippen molar-refractivity contribution in [3.8, 4) is 11.1 Å². The number of carboxylic acid groups (broad SMARTS) is 1. The normalized spacial score (nSPS) is 19.4. The number of hydrogen-bond donors (Lipinski definition) is 4. The number of aliphatic hydroxyl groups is 1. The van der Waals surface area contributed by atoms with Crippen LogP contribution in [0.15, 0.2) is 48.5 Å². The first-order chi connectivity index (χ1) is 15.4. The van der Waals surface area contributed by atoms with E-state index in [1.807, 2.05) is 24.3 Å². The fraction of sp³-hybridized carbons (Fsp3) is 0.375. The minimum atomic E-state index is -1.12. The number of hydrogen-bond acceptors (Lipinski definition) is 5. The van der Waals surface area contributed by atoms with E-state index in [1.165, 1.54) is 0 Å². The molecule has 8 heteroatoms. The molecule has 8 nitrogen and oxygen atoms in total. The van der Waals surface area contributed by atoms with Crippen LogP contribution in [0.2, 0.25) is 0 Å². The summed E-state index contributed by atoms with van der Waals surface area (Å²) < 4.78 is 5.49. The number of carboxylic acids is 1. The minimum absolute atomic E-state index is 0.00657. The van der Waals surface area contributed by atoms with E-state index in [0.717, 1.165) is 22.3 Å². The van der Waals surface area contributed by atoms with Crippen LogP contribution in [-0.4, -0.2) is 54.0 Å². The van der Waals surface area contributed by atoms with Crippen molar-refractivity contribution in [2.45, 2.75) is 24.9 Å². The van der Waals surface area contributed by atoms with E-state index in [4.69, 9.17) is 9.84 Å². The van der Waals surface area contributed by atoms with Gasteiger partial charge in [-0.25, -0.2) is 4.79 Å². The number of carbonyl (C=O) groups excluding carboxylic acids is 2. The van der Waals surface area contributed by atoms with Gasteiger partial charge in [0.15, 0.2) is 0 Å². The highest BCUT2D eigenvalue weighted by Gasteiger charge is 2.43. The zero-order valence-corrected chi connectivity index (χ0v) is 17.5. The molecule has 2 aromatic carbocycles. The van der Waals surface area contributed by atoms with Crippen LogP contribution in [0.25, 0.3) is 11.1 Å². The van der Waals surface area contributed by atoms with Gasteiger partial charge < -0.3 is 25.6 Å². The minimum Gasteiger partial charge on any atom is -0.481 e.